The molecule has 1 aliphatic heterocycles. The van der Waals surface area contributed by atoms with Crippen molar-refractivity contribution in [1.29, 1.82) is 0 Å². The van der Waals surface area contributed by atoms with Gasteiger partial charge in [0.2, 0.25) is 0 Å². The SMILES string of the molecule is O=[N+]([O-])c1ccc([C@H](N2CCNCC2)C(F)(F)F)cc1. The van der Waals surface area contributed by atoms with Crippen LogP contribution in [-0.4, -0.2) is 42.2 Å². The summed E-state index contributed by atoms with van der Waals surface area (Å²) in [5.41, 5.74) is -0.181. The molecule has 20 heavy (non-hydrogen) atoms. The van der Waals surface area contributed by atoms with Gasteiger partial charge in [0.25, 0.3) is 5.69 Å². The molecule has 0 spiro atoms. The highest BCUT2D eigenvalue weighted by molar-refractivity contribution is 5.34. The van der Waals surface area contributed by atoms with Gasteiger partial charge in [-0.25, -0.2) is 0 Å². The number of benzene rings is 1. The van der Waals surface area contributed by atoms with Crippen molar-refractivity contribution >= 4 is 5.69 Å². The minimum atomic E-state index is -4.41. The number of piperazine rings is 1. The van der Waals surface area contributed by atoms with Crippen LogP contribution in [0.1, 0.15) is 11.6 Å². The first-order chi connectivity index (χ1) is 9.39. The van der Waals surface area contributed by atoms with Crippen molar-refractivity contribution in [3.05, 3.63) is 39.9 Å². The Kier molecular flexibility index (Phi) is 4.24. The predicted molar refractivity (Wildman–Crippen MR) is 66.3 cm³/mol. The second-order valence-corrected chi connectivity index (χ2v) is 4.58. The van der Waals surface area contributed by atoms with Gasteiger partial charge in [-0.15, -0.1) is 0 Å². The molecule has 1 aliphatic rings. The molecular weight excluding hydrogens is 275 g/mol. The predicted octanol–water partition coefficient (Wildman–Crippen LogP) is 2.10. The Morgan fingerprint density at radius 1 is 1.20 bits per heavy atom. The van der Waals surface area contributed by atoms with Crippen LogP contribution in [0.4, 0.5) is 18.9 Å². The van der Waals surface area contributed by atoms with E-state index in [1.54, 1.807) is 0 Å². The molecule has 0 saturated carbocycles. The van der Waals surface area contributed by atoms with E-state index in [0.717, 1.165) is 12.1 Å². The van der Waals surface area contributed by atoms with Gasteiger partial charge in [0, 0.05) is 38.3 Å². The van der Waals surface area contributed by atoms with E-state index in [-0.39, 0.29) is 11.3 Å². The van der Waals surface area contributed by atoms with Crippen LogP contribution in [0.2, 0.25) is 0 Å². The van der Waals surface area contributed by atoms with Crippen LogP contribution in [0.15, 0.2) is 24.3 Å². The Balaban J connectivity index is 2.28. The highest BCUT2D eigenvalue weighted by Crippen LogP contribution is 2.38. The number of nitro groups is 1. The lowest BCUT2D eigenvalue weighted by Crippen LogP contribution is -2.49. The number of non-ortho nitro benzene ring substituents is 1. The second kappa shape index (κ2) is 5.76. The lowest BCUT2D eigenvalue weighted by atomic mass is 10.0. The maximum absolute atomic E-state index is 13.3. The van der Waals surface area contributed by atoms with Gasteiger partial charge in [-0.2, -0.15) is 13.2 Å². The summed E-state index contributed by atoms with van der Waals surface area (Å²) in [6.07, 6.45) is -4.41. The van der Waals surface area contributed by atoms with Crippen molar-refractivity contribution in [3.63, 3.8) is 0 Å². The molecule has 110 valence electrons. The maximum Gasteiger partial charge on any atom is 0.408 e. The molecule has 0 unspecified atom stereocenters. The average Bonchev–Trinajstić information content (AvgIpc) is 2.39. The normalized spacial score (nSPS) is 18.8. The Morgan fingerprint density at radius 2 is 1.75 bits per heavy atom. The van der Waals surface area contributed by atoms with Crippen LogP contribution in [0.5, 0.6) is 0 Å². The van der Waals surface area contributed by atoms with Gasteiger partial charge >= 0.3 is 6.18 Å². The van der Waals surface area contributed by atoms with Gasteiger partial charge in [-0.05, 0) is 5.56 Å². The number of nitrogens with zero attached hydrogens (tertiary/aromatic N) is 2. The monoisotopic (exact) mass is 289 g/mol. The fraction of sp³-hybridized carbons (Fsp3) is 0.500. The molecule has 1 N–H and O–H groups in total. The third kappa shape index (κ3) is 3.26. The zero-order valence-corrected chi connectivity index (χ0v) is 10.6. The minimum Gasteiger partial charge on any atom is -0.314 e. The summed E-state index contributed by atoms with van der Waals surface area (Å²) in [6, 6.07) is 2.86. The van der Waals surface area contributed by atoms with E-state index >= 15 is 0 Å². The number of nitrogens with one attached hydrogen (secondary N) is 1. The third-order valence-electron chi connectivity index (χ3n) is 3.25. The summed E-state index contributed by atoms with van der Waals surface area (Å²) < 4.78 is 39.8. The molecule has 0 aliphatic carbocycles. The molecule has 0 bridgehead atoms. The highest BCUT2D eigenvalue weighted by Gasteiger charge is 2.44. The lowest BCUT2D eigenvalue weighted by molar-refractivity contribution is -0.384. The Labute approximate surface area is 113 Å². The maximum atomic E-state index is 13.3. The lowest BCUT2D eigenvalue weighted by Gasteiger charge is -2.36. The van der Waals surface area contributed by atoms with E-state index < -0.39 is 17.1 Å². The molecule has 0 amide bonds. The largest absolute Gasteiger partial charge is 0.408 e. The molecule has 0 aromatic heterocycles. The van der Waals surface area contributed by atoms with Crippen LogP contribution < -0.4 is 5.32 Å². The second-order valence-electron chi connectivity index (χ2n) is 4.58. The van der Waals surface area contributed by atoms with E-state index in [1.807, 2.05) is 0 Å². The number of rotatable bonds is 3. The summed E-state index contributed by atoms with van der Waals surface area (Å²) in [7, 11) is 0. The zero-order chi connectivity index (χ0) is 14.8. The van der Waals surface area contributed by atoms with E-state index in [9.17, 15) is 23.3 Å². The van der Waals surface area contributed by atoms with Crippen molar-refractivity contribution in [2.45, 2.75) is 12.2 Å². The van der Waals surface area contributed by atoms with Crippen molar-refractivity contribution in [2.24, 2.45) is 0 Å². The van der Waals surface area contributed by atoms with Crippen LogP contribution >= 0.6 is 0 Å². The highest BCUT2D eigenvalue weighted by atomic mass is 19.4. The molecule has 1 aromatic carbocycles. The Morgan fingerprint density at radius 3 is 2.20 bits per heavy atom. The fourth-order valence-corrected chi connectivity index (χ4v) is 2.33. The first-order valence-electron chi connectivity index (χ1n) is 6.15. The van der Waals surface area contributed by atoms with Crippen LogP contribution in [0.25, 0.3) is 0 Å². The van der Waals surface area contributed by atoms with Crippen LogP contribution in [0.3, 0.4) is 0 Å². The van der Waals surface area contributed by atoms with Crippen LogP contribution in [-0.2, 0) is 0 Å². The third-order valence-corrected chi connectivity index (χ3v) is 3.25. The van der Waals surface area contributed by atoms with Gasteiger partial charge in [0.05, 0.1) is 4.92 Å². The smallest absolute Gasteiger partial charge is 0.314 e. The molecule has 8 heteroatoms. The van der Waals surface area contributed by atoms with Gasteiger partial charge in [-0.3, -0.25) is 15.0 Å². The summed E-state index contributed by atoms with van der Waals surface area (Å²) in [6.45, 7) is 1.58. The molecule has 0 radical (unpaired) electrons. The van der Waals surface area contributed by atoms with Crippen molar-refractivity contribution in [3.8, 4) is 0 Å². The molecule has 5 nitrogen and oxygen atoms in total. The summed E-state index contributed by atoms with van der Waals surface area (Å²) in [5, 5.41) is 13.5. The summed E-state index contributed by atoms with van der Waals surface area (Å²) in [5.74, 6) is 0. The topological polar surface area (TPSA) is 58.4 Å². The van der Waals surface area contributed by atoms with E-state index in [4.69, 9.17) is 0 Å². The molecule has 1 aromatic rings. The van der Waals surface area contributed by atoms with Gasteiger partial charge in [0.15, 0.2) is 0 Å². The minimum absolute atomic E-state index is 0.0324. The first-order valence-corrected chi connectivity index (χ1v) is 6.15. The van der Waals surface area contributed by atoms with Gasteiger partial charge < -0.3 is 5.32 Å². The zero-order valence-electron chi connectivity index (χ0n) is 10.6. The fourth-order valence-electron chi connectivity index (χ4n) is 2.33. The van der Waals surface area contributed by atoms with Crippen molar-refractivity contribution < 1.29 is 18.1 Å². The quantitative estimate of drug-likeness (QED) is 0.684. The number of halogens is 3. The van der Waals surface area contributed by atoms with Gasteiger partial charge in [-0.1, -0.05) is 12.1 Å². The number of hydrogen-bond acceptors (Lipinski definition) is 4. The number of hydrogen-bond donors (Lipinski definition) is 1. The molecule has 2 rings (SSSR count). The molecule has 1 saturated heterocycles. The van der Waals surface area contributed by atoms with E-state index in [2.05, 4.69) is 5.32 Å². The summed E-state index contributed by atoms with van der Waals surface area (Å²) in [4.78, 5) is 11.3. The van der Waals surface area contributed by atoms with Crippen molar-refractivity contribution in [1.82, 2.24) is 10.2 Å². The van der Waals surface area contributed by atoms with E-state index in [1.165, 1.54) is 17.0 Å². The first kappa shape index (κ1) is 14.7. The Bertz CT molecular complexity index is 470. The Hall–Kier alpha value is -1.67. The molecule has 1 heterocycles. The summed E-state index contributed by atoms with van der Waals surface area (Å²) >= 11 is 0. The molecule has 1 atom stereocenters. The van der Waals surface area contributed by atoms with Gasteiger partial charge in [0.1, 0.15) is 6.04 Å². The molecule has 1 fully saturated rings. The standard InChI is InChI=1S/C12H14F3N3O2/c13-12(14,15)11(17-7-5-16-6-8-17)9-1-3-10(4-2-9)18(19)20/h1-4,11,16H,5-8H2/t11-/m0/s1. The number of alkyl halides is 3. The van der Waals surface area contributed by atoms with E-state index in [0.29, 0.717) is 26.2 Å². The molecular formula is C12H14F3N3O2. The average molecular weight is 289 g/mol. The van der Waals surface area contributed by atoms with Crippen molar-refractivity contribution in [2.75, 3.05) is 26.2 Å². The van der Waals surface area contributed by atoms with Crippen LogP contribution in [0, 0.1) is 10.1 Å². The number of nitro benzene ring substituents is 1.